The van der Waals surface area contributed by atoms with E-state index in [9.17, 15) is 9.59 Å². The maximum absolute atomic E-state index is 11.8. The molecule has 22 heavy (non-hydrogen) atoms. The predicted octanol–water partition coefficient (Wildman–Crippen LogP) is 2.93. The summed E-state index contributed by atoms with van der Waals surface area (Å²) in [6.45, 7) is 5.85. The van der Waals surface area contributed by atoms with Gasteiger partial charge in [-0.2, -0.15) is 0 Å². The molecule has 1 unspecified atom stereocenters. The highest BCUT2D eigenvalue weighted by atomic mass is 16.6. The Hall–Kier alpha value is -2.30. The lowest BCUT2D eigenvalue weighted by Crippen LogP contribution is -2.41. The van der Waals surface area contributed by atoms with Crippen molar-refractivity contribution in [1.29, 1.82) is 0 Å². The zero-order valence-corrected chi connectivity index (χ0v) is 13.0. The fourth-order valence-corrected chi connectivity index (χ4v) is 2.15. The monoisotopic (exact) mass is 304 g/mol. The summed E-state index contributed by atoms with van der Waals surface area (Å²) in [7, 11) is 0. The maximum atomic E-state index is 11.8. The molecule has 0 saturated carbocycles. The molecule has 0 radical (unpaired) electrons. The molecule has 0 saturated heterocycles. The molecule has 0 spiro atoms. The van der Waals surface area contributed by atoms with Gasteiger partial charge in [0.15, 0.2) is 17.3 Å². The van der Waals surface area contributed by atoms with Crippen molar-refractivity contribution in [2.45, 2.75) is 32.8 Å². The van der Waals surface area contributed by atoms with Crippen LogP contribution in [0.15, 0.2) is 30.4 Å². The number of esters is 1. The van der Waals surface area contributed by atoms with Crippen molar-refractivity contribution in [2.75, 3.05) is 13.2 Å². The number of rotatable bonds is 5. The van der Waals surface area contributed by atoms with Gasteiger partial charge >= 0.3 is 5.97 Å². The molecule has 5 heteroatoms. The van der Waals surface area contributed by atoms with Gasteiger partial charge in [0, 0.05) is 6.42 Å². The Morgan fingerprint density at radius 3 is 2.82 bits per heavy atom. The van der Waals surface area contributed by atoms with Gasteiger partial charge in [0.25, 0.3) is 0 Å². The third-order valence-electron chi connectivity index (χ3n) is 3.25. The third kappa shape index (κ3) is 3.87. The lowest BCUT2D eigenvalue weighted by molar-refractivity contribution is -0.112. The minimum atomic E-state index is -0.577. The largest absolute Gasteiger partial charge is 0.486 e. The van der Waals surface area contributed by atoms with Crippen LogP contribution >= 0.6 is 0 Å². The number of ether oxygens (including phenoxy) is 3. The van der Waals surface area contributed by atoms with Crippen molar-refractivity contribution in [2.24, 2.45) is 0 Å². The highest BCUT2D eigenvalue weighted by Gasteiger charge is 2.32. The number of ketones is 1. The summed E-state index contributed by atoms with van der Waals surface area (Å²) in [5.41, 5.74) is -0.153. The van der Waals surface area contributed by atoms with E-state index in [1.54, 1.807) is 31.2 Å². The van der Waals surface area contributed by atoms with Crippen molar-refractivity contribution >= 4 is 11.8 Å². The number of hydrogen-bond donors (Lipinski definition) is 0. The zero-order chi connectivity index (χ0) is 16.2. The van der Waals surface area contributed by atoms with E-state index >= 15 is 0 Å². The van der Waals surface area contributed by atoms with E-state index in [0.29, 0.717) is 36.7 Å². The lowest BCUT2D eigenvalue weighted by Gasteiger charge is -2.35. The van der Waals surface area contributed by atoms with Gasteiger partial charge in [-0.25, -0.2) is 4.79 Å². The number of carbonyl (C=O) groups is 2. The molecule has 5 nitrogen and oxygen atoms in total. The van der Waals surface area contributed by atoms with E-state index in [4.69, 9.17) is 14.2 Å². The first kappa shape index (κ1) is 16.1. The van der Waals surface area contributed by atoms with Gasteiger partial charge in [0.2, 0.25) is 0 Å². The van der Waals surface area contributed by atoms with Crippen LogP contribution in [0.1, 0.15) is 37.6 Å². The number of benzene rings is 1. The third-order valence-corrected chi connectivity index (χ3v) is 3.25. The number of hydrogen-bond acceptors (Lipinski definition) is 5. The normalized spacial score (nSPS) is 20.0. The molecule has 0 N–H and O–H groups in total. The SMILES string of the molecule is CCOC(=O)c1ccc2c(c1)OC(C)(C/C=C/C(C)=O)CO2. The molecular weight excluding hydrogens is 284 g/mol. The van der Waals surface area contributed by atoms with Gasteiger partial charge in [-0.3, -0.25) is 4.79 Å². The first-order valence-electron chi connectivity index (χ1n) is 7.23. The summed E-state index contributed by atoms with van der Waals surface area (Å²) in [6, 6.07) is 4.98. The van der Waals surface area contributed by atoms with Gasteiger partial charge in [-0.05, 0) is 45.0 Å². The van der Waals surface area contributed by atoms with E-state index in [1.807, 2.05) is 6.92 Å². The van der Waals surface area contributed by atoms with Crippen molar-refractivity contribution in [3.63, 3.8) is 0 Å². The molecule has 1 aliphatic heterocycles. The van der Waals surface area contributed by atoms with E-state index in [2.05, 4.69) is 0 Å². The first-order valence-corrected chi connectivity index (χ1v) is 7.23. The van der Waals surface area contributed by atoms with Gasteiger partial charge in [-0.15, -0.1) is 0 Å². The summed E-state index contributed by atoms with van der Waals surface area (Å²) in [5, 5.41) is 0. The minimum absolute atomic E-state index is 0.00896. The van der Waals surface area contributed by atoms with Crippen LogP contribution in [0.4, 0.5) is 0 Å². The Kier molecular flexibility index (Phi) is 4.85. The fourth-order valence-electron chi connectivity index (χ4n) is 2.15. The lowest BCUT2D eigenvalue weighted by atomic mass is 10.0. The first-order chi connectivity index (χ1) is 10.4. The van der Waals surface area contributed by atoms with Crippen molar-refractivity contribution < 1.29 is 23.8 Å². The van der Waals surface area contributed by atoms with Crippen LogP contribution < -0.4 is 9.47 Å². The molecule has 1 aromatic carbocycles. The maximum Gasteiger partial charge on any atom is 0.338 e. The average molecular weight is 304 g/mol. The highest BCUT2D eigenvalue weighted by Crippen LogP contribution is 2.37. The molecule has 0 amide bonds. The Morgan fingerprint density at radius 2 is 2.14 bits per heavy atom. The molecular formula is C17H20O5. The topological polar surface area (TPSA) is 61.8 Å². The molecule has 0 aromatic heterocycles. The molecule has 0 fully saturated rings. The summed E-state index contributed by atoms with van der Waals surface area (Å²) in [5.74, 6) is 0.708. The summed E-state index contributed by atoms with van der Waals surface area (Å²) in [6.07, 6.45) is 3.82. The van der Waals surface area contributed by atoms with Crippen LogP contribution in [-0.2, 0) is 9.53 Å². The van der Waals surface area contributed by atoms with Crippen LogP contribution in [0.25, 0.3) is 0 Å². The summed E-state index contributed by atoms with van der Waals surface area (Å²) < 4.78 is 16.6. The van der Waals surface area contributed by atoms with Gasteiger partial charge in [0.1, 0.15) is 12.2 Å². The number of carbonyl (C=O) groups excluding carboxylic acids is 2. The average Bonchev–Trinajstić information content (AvgIpc) is 2.46. The zero-order valence-electron chi connectivity index (χ0n) is 13.0. The summed E-state index contributed by atoms with van der Waals surface area (Å²) in [4.78, 5) is 22.7. The quantitative estimate of drug-likeness (QED) is 0.618. The van der Waals surface area contributed by atoms with Gasteiger partial charge < -0.3 is 14.2 Å². The molecule has 1 aliphatic rings. The van der Waals surface area contributed by atoms with Crippen molar-refractivity contribution in [3.8, 4) is 11.5 Å². The Morgan fingerprint density at radius 1 is 1.36 bits per heavy atom. The van der Waals surface area contributed by atoms with Crippen molar-refractivity contribution in [3.05, 3.63) is 35.9 Å². The van der Waals surface area contributed by atoms with Gasteiger partial charge in [0.05, 0.1) is 12.2 Å². The van der Waals surface area contributed by atoms with Crippen LogP contribution in [0.2, 0.25) is 0 Å². The molecule has 0 aliphatic carbocycles. The molecule has 1 aromatic rings. The van der Waals surface area contributed by atoms with E-state index < -0.39 is 11.6 Å². The fraction of sp³-hybridized carbons (Fsp3) is 0.412. The smallest absolute Gasteiger partial charge is 0.338 e. The molecule has 1 heterocycles. The minimum Gasteiger partial charge on any atom is -0.486 e. The molecule has 118 valence electrons. The second kappa shape index (κ2) is 6.64. The van der Waals surface area contributed by atoms with E-state index in [-0.39, 0.29) is 5.78 Å². The Bertz CT molecular complexity index is 605. The molecule has 0 bridgehead atoms. The van der Waals surface area contributed by atoms with Gasteiger partial charge in [-0.1, -0.05) is 6.08 Å². The van der Waals surface area contributed by atoms with Crippen LogP contribution in [0, 0.1) is 0 Å². The van der Waals surface area contributed by atoms with E-state index in [0.717, 1.165) is 0 Å². The van der Waals surface area contributed by atoms with Crippen molar-refractivity contribution in [1.82, 2.24) is 0 Å². The highest BCUT2D eigenvalue weighted by molar-refractivity contribution is 5.90. The molecule has 2 rings (SSSR count). The Balaban J connectivity index is 2.15. The number of allylic oxidation sites excluding steroid dienone is 1. The number of fused-ring (bicyclic) bond motifs is 1. The second-order valence-electron chi connectivity index (χ2n) is 5.44. The predicted molar refractivity (Wildman–Crippen MR) is 81.4 cm³/mol. The standard InChI is InChI=1S/C17H20O5/c1-4-20-16(19)13-7-8-14-15(10-13)22-17(3,11-21-14)9-5-6-12(2)18/h5-8,10H,4,9,11H2,1-3H3/b6-5+. The second-order valence-corrected chi connectivity index (χ2v) is 5.44. The van der Waals surface area contributed by atoms with Crippen LogP contribution in [-0.4, -0.2) is 30.6 Å². The van der Waals surface area contributed by atoms with E-state index in [1.165, 1.54) is 13.0 Å². The Labute approximate surface area is 129 Å². The summed E-state index contributed by atoms with van der Waals surface area (Å²) >= 11 is 0. The van der Waals surface area contributed by atoms with Crippen LogP contribution in [0.3, 0.4) is 0 Å². The molecule has 1 atom stereocenters. The van der Waals surface area contributed by atoms with Crippen LogP contribution in [0.5, 0.6) is 11.5 Å².